The molecule has 5 heteroatoms. The van der Waals surface area contributed by atoms with Gasteiger partial charge < -0.3 is 5.11 Å². The van der Waals surface area contributed by atoms with Crippen molar-refractivity contribution >= 4 is 24.2 Å². The number of carbonyl (C=O) groups is 2. The van der Waals surface area contributed by atoms with E-state index in [1.807, 2.05) is 4.90 Å². The summed E-state index contributed by atoms with van der Waals surface area (Å²) in [5.41, 5.74) is 0. The number of Topliss-reactive ketones (excluding diaryl/α,β-unsaturated/α-hetero) is 1. The molecule has 1 heterocycles. The van der Waals surface area contributed by atoms with Gasteiger partial charge in [0.05, 0.1) is 13.0 Å². The monoisotopic (exact) mass is 207 g/mol. The molecule has 0 atom stereocenters. The average Bonchev–Trinajstić information content (AvgIpc) is 2.01. The molecule has 1 aliphatic rings. The number of likely N-dealkylation sites (tertiary alicyclic amines) is 1. The van der Waals surface area contributed by atoms with Crippen LogP contribution >= 0.6 is 12.4 Å². The van der Waals surface area contributed by atoms with Gasteiger partial charge in [-0.1, -0.05) is 0 Å². The van der Waals surface area contributed by atoms with Gasteiger partial charge in [-0.05, 0) is 13.0 Å². The van der Waals surface area contributed by atoms with E-state index in [1.165, 1.54) is 0 Å². The van der Waals surface area contributed by atoms with Gasteiger partial charge in [0.1, 0.15) is 5.78 Å². The van der Waals surface area contributed by atoms with Crippen LogP contribution in [0.1, 0.15) is 19.3 Å². The number of ketones is 1. The molecule has 76 valence electrons. The Balaban J connectivity index is 0.00000144. The minimum atomic E-state index is -0.798. The molecule has 4 nitrogen and oxygen atoms in total. The van der Waals surface area contributed by atoms with E-state index < -0.39 is 5.97 Å². The maximum absolute atomic E-state index is 10.9. The van der Waals surface area contributed by atoms with Gasteiger partial charge >= 0.3 is 5.97 Å². The summed E-state index contributed by atoms with van der Waals surface area (Å²) < 4.78 is 0. The van der Waals surface area contributed by atoms with Gasteiger partial charge in [0.15, 0.2) is 0 Å². The predicted octanol–water partition coefficient (Wildman–Crippen LogP) is 0.548. The Bertz CT molecular complexity index is 196. The van der Waals surface area contributed by atoms with E-state index in [2.05, 4.69) is 0 Å². The Morgan fingerprint density at radius 3 is 2.77 bits per heavy atom. The minimum Gasteiger partial charge on any atom is -0.481 e. The molecule has 1 saturated heterocycles. The Hall–Kier alpha value is -0.610. The van der Waals surface area contributed by atoms with Crippen molar-refractivity contribution < 1.29 is 14.7 Å². The highest BCUT2D eigenvalue weighted by Crippen LogP contribution is 2.05. The first-order chi connectivity index (χ1) is 5.68. The maximum atomic E-state index is 10.9. The van der Waals surface area contributed by atoms with Gasteiger partial charge in [-0.2, -0.15) is 0 Å². The molecule has 0 aromatic heterocycles. The quantitative estimate of drug-likeness (QED) is 0.734. The number of nitrogens with zero attached hydrogens (tertiary/aromatic N) is 1. The SMILES string of the molecule is Cl.O=C(O)CCN1CCCC(=O)C1. The molecule has 0 spiro atoms. The van der Waals surface area contributed by atoms with Crippen molar-refractivity contribution in [1.82, 2.24) is 4.90 Å². The summed E-state index contributed by atoms with van der Waals surface area (Å²) >= 11 is 0. The molecule has 0 bridgehead atoms. The molecule has 0 saturated carbocycles. The third-order valence-corrected chi connectivity index (χ3v) is 1.97. The van der Waals surface area contributed by atoms with Crippen LogP contribution < -0.4 is 0 Å². The van der Waals surface area contributed by atoms with E-state index in [-0.39, 0.29) is 24.6 Å². The minimum absolute atomic E-state index is 0. The Kier molecular flexibility index (Phi) is 5.66. The highest BCUT2D eigenvalue weighted by atomic mass is 35.5. The first kappa shape index (κ1) is 12.4. The van der Waals surface area contributed by atoms with E-state index in [9.17, 15) is 9.59 Å². The molecule has 1 rings (SSSR count). The van der Waals surface area contributed by atoms with Crippen molar-refractivity contribution in [1.29, 1.82) is 0 Å². The van der Waals surface area contributed by atoms with Crippen molar-refractivity contribution in [3.05, 3.63) is 0 Å². The van der Waals surface area contributed by atoms with Crippen LogP contribution in [0.4, 0.5) is 0 Å². The van der Waals surface area contributed by atoms with Gasteiger partial charge in [-0.25, -0.2) is 0 Å². The smallest absolute Gasteiger partial charge is 0.304 e. The van der Waals surface area contributed by atoms with Gasteiger partial charge in [0.2, 0.25) is 0 Å². The molecule has 0 radical (unpaired) electrons. The summed E-state index contributed by atoms with van der Waals surface area (Å²) in [7, 11) is 0. The van der Waals surface area contributed by atoms with E-state index in [1.54, 1.807) is 0 Å². The van der Waals surface area contributed by atoms with E-state index in [0.717, 1.165) is 13.0 Å². The largest absolute Gasteiger partial charge is 0.481 e. The Morgan fingerprint density at radius 1 is 1.54 bits per heavy atom. The van der Waals surface area contributed by atoms with Crippen LogP contribution in [0.3, 0.4) is 0 Å². The molecule has 1 N–H and O–H groups in total. The molecule has 13 heavy (non-hydrogen) atoms. The predicted molar refractivity (Wildman–Crippen MR) is 50.2 cm³/mol. The zero-order valence-corrected chi connectivity index (χ0v) is 8.18. The number of carbonyl (C=O) groups excluding carboxylic acids is 1. The number of carboxylic acids is 1. The number of hydrogen-bond donors (Lipinski definition) is 1. The number of hydrogen-bond acceptors (Lipinski definition) is 3. The van der Waals surface area contributed by atoms with Crippen LogP contribution in [-0.2, 0) is 9.59 Å². The second-order valence-electron chi connectivity index (χ2n) is 3.06. The number of carboxylic acid groups (broad SMARTS) is 1. The van der Waals surface area contributed by atoms with E-state index in [4.69, 9.17) is 5.11 Å². The summed E-state index contributed by atoms with van der Waals surface area (Å²) in [4.78, 5) is 23.0. The number of rotatable bonds is 3. The first-order valence-electron chi connectivity index (χ1n) is 4.14. The second kappa shape index (κ2) is 5.94. The Labute approximate surface area is 83.3 Å². The number of aliphatic carboxylic acids is 1. The van der Waals surface area contributed by atoms with Crippen LogP contribution in [0.15, 0.2) is 0 Å². The van der Waals surface area contributed by atoms with Crippen LogP contribution in [0.2, 0.25) is 0 Å². The normalized spacial score (nSPS) is 18.0. The third-order valence-electron chi connectivity index (χ3n) is 1.97. The molecule has 0 aliphatic carbocycles. The zero-order chi connectivity index (χ0) is 8.97. The lowest BCUT2D eigenvalue weighted by molar-refractivity contribution is -0.138. The van der Waals surface area contributed by atoms with Crippen LogP contribution in [-0.4, -0.2) is 41.4 Å². The average molecular weight is 208 g/mol. The number of halogens is 1. The summed E-state index contributed by atoms with van der Waals surface area (Å²) in [6, 6.07) is 0. The fraction of sp³-hybridized carbons (Fsp3) is 0.750. The van der Waals surface area contributed by atoms with Gasteiger partial charge in [-0.3, -0.25) is 14.5 Å². The molecule has 1 aliphatic heterocycles. The second-order valence-corrected chi connectivity index (χ2v) is 3.06. The van der Waals surface area contributed by atoms with Crippen molar-refractivity contribution in [3.8, 4) is 0 Å². The van der Waals surface area contributed by atoms with Crippen LogP contribution in [0, 0.1) is 0 Å². The van der Waals surface area contributed by atoms with Crippen molar-refractivity contribution in [3.63, 3.8) is 0 Å². The third kappa shape index (κ3) is 4.85. The lowest BCUT2D eigenvalue weighted by Crippen LogP contribution is -2.36. The lowest BCUT2D eigenvalue weighted by Gasteiger charge is -2.24. The van der Waals surface area contributed by atoms with Gasteiger partial charge in [0.25, 0.3) is 0 Å². The standard InChI is InChI=1S/C8H13NO3.ClH/c10-7-2-1-4-9(6-7)5-3-8(11)12;/h1-6H2,(H,11,12);1H. The molecule has 0 aromatic rings. The topological polar surface area (TPSA) is 57.6 Å². The van der Waals surface area contributed by atoms with Crippen LogP contribution in [0.5, 0.6) is 0 Å². The van der Waals surface area contributed by atoms with Crippen molar-refractivity contribution in [2.24, 2.45) is 0 Å². The highest BCUT2D eigenvalue weighted by molar-refractivity contribution is 5.85. The Morgan fingerprint density at radius 2 is 2.23 bits per heavy atom. The van der Waals surface area contributed by atoms with E-state index in [0.29, 0.717) is 19.5 Å². The highest BCUT2D eigenvalue weighted by Gasteiger charge is 2.16. The molecule has 0 amide bonds. The maximum Gasteiger partial charge on any atom is 0.304 e. The molecule has 0 aromatic carbocycles. The molecule has 0 unspecified atom stereocenters. The first-order valence-corrected chi connectivity index (χ1v) is 4.14. The summed E-state index contributed by atoms with van der Waals surface area (Å²) in [6.07, 6.45) is 1.66. The fourth-order valence-corrected chi connectivity index (χ4v) is 1.35. The summed E-state index contributed by atoms with van der Waals surface area (Å²) in [5.74, 6) is -0.570. The van der Waals surface area contributed by atoms with Crippen molar-refractivity contribution in [2.75, 3.05) is 19.6 Å². The molecular weight excluding hydrogens is 194 g/mol. The summed E-state index contributed by atoms with van der Waals surface area (Å²) in [5, 5.41) is 8.40. The zero-order valence-electron chi connectivity index (χ0n) is 7.36. The fourth-order valence-electron chi connectivity index (χ4n) is 1.35. The van der Waals surface area contributed by atoms with E-state index >= 15 is 0 Å². The summed E-state index contributed by atoms with van der Waals surface area (Å²) in [6.45, 7) is 1.80. The molecular formula is C8H14ClNO3. The molecule has 1 fully saturated rings. The lowest BCUT2D eigenvalue weighted by atomic mass is 10.1. The van der Waals surface area contributed by atoms with Gasteiger partial charge in [-0.15, -0.1) is 12.4 Å². The van der Waals surface area contributed by atoms with Crippen LogP contribution in [0.25, 0.3) is 0 Å². The number of piperidine rings is 1. The van der Waals surface area contributed by atoms with Gasteiger partial charge in [0, 0.05) is 13.0 Å². The van der Waals surface area contributed by atoms with Crippen molar-refractivity contribution in [2.45, 2.75) is 19.3 Å².